The van der Waals surface area contributed by atoms with Gasteiger partial charge in [0.15, 0.2) is 5.79 Å². The molecule has 0 amide bonds. The van der Waals surface area contributed by atoms with Crippen molar-refractivity contribution in [3.63, 3.8) is 0 Å². The van der Waals surface area contributed by atoms with Crippen LogP contribution < -0.4 is 0 Å². The van der Waals surface area contributed by atoms with E-state index in [0.29, 0.717) is 29.7 Å². The van der Waals surface area contributed by atoms with Crippen molar-refractivity contribution in [3.05, 3.63) is 12.2 Å². The Hall–Kier alpha value is -0.693. The van der Waals surface area contributed by atoms with Crippen LogP contribution in [0.4, 0.5) is 0 Å². The van der Waals surface area contributed by atoms with E-state index in [0.717, 1.165) is 0 Å². The zero-order valence-corrected chi connectivity index (χ0v) is 20.6. The second-order valence-electron chi connectivity index (χ2n) is 9.36. The molecule has 5 nitrogen and oxygen atoms in total. The van der Waals surface area contributed by atoms with Gasteiger partial charge in [-0.15, -0.1) is 0 Å². The summed E-state index contributed by atoms with van der Waals surface area (Å²) in [6.07, 6.45) is 3.94. The molecule has 0 aromatic carbocycles. The largest absolute Gasteiger partial charge is 0.466 e. The molecule has 1 aliphatic heterocycles. The van der Waals surface area contributed by atoms with Crippen LogP contribution in [-0.2, 0) is 23.4 Å². The van der Waals surface area contributed by atoms with Crippen LogP contribution in [0, 0.1) is 5.92 Å². The van der Waals surface area contributed by atoms with E-state index in [1.165, 1.54) is 13.2 Å². The molecule has 0 N–H and O–H groups in total. The molecule has 1 heterocycles. The molecule has 0 bridgehead atoms. The Bertz CT molecular complexity index is 505. The third-order valence-corrected chi connectivity index (χ3v) is 12.2. The highest BCUT2D eigenvalue weighted by atomic mass is 28.4. The third kappa shape index (κ3) is 6.15. The van der Waals surface area contributed by atoms with Crippen molar-refractivity contribution >= 4 is 14.3 Å². The molecule has 0 aliphatic carbocycles. The molecule has 1 aliphatic rings. The first-order chi connectivity index (χ1) is 12.9. The Balaban J connectivity index is 3.14. The molecule has 6 heteroatoms. The molecule has 3 atom stereocenters. The normalized spacial score (nSPS) is 22.4. The summed E-state index contributed by atoms with van der Waals surface area (Å²) in [6.45, 7) is 20.4. The fourth-order valence-corrected chi connectivity index (χ4v) is 10.3. The Morgan fingerprint density at radius 2 is 1.64 bits per heavy atom. The molecule has 164 valence electrons. The predicted molar refractivity (Wildman–Crippen MR) is 116 cm³/mol. The minimum Gasteiger partial charge on any atom is -0.466 e. The summed E-state index contributed by atoms with van der Waals surface area (Å²) in [5, 5.41) is 0. The molecule has 0 radical (unpaired) electrons. The fraction of sp³-hybridized carbons (Fsp3) is 0.864. The molecule has 0 unspecified atom stereocenters. The summed E-state index contributed by atoms with van der Waals surface area (Å²) in [4.78, 5) is 11.5. The van der Waals surface area contributed by atoms with Gasteiger partial charge in [-0.05, 0) is 36.9 Å². The molecule has 1 fully saturated rings. The number of ether oxygens (including phenoxy) is 3. The van der Waals surface area contributed by atoms with E-state index in [9.17, 15) is 4.79 Å². The fourth-order valence-electron chi connectivity index (χ4n) is 4.62. The van der Waals surface area contributed by atoms with Gasteiger partial charge in [0.05, 0.1) is 25.9 Å². The second-order valence-corrected chi connectivity index (χ2v) is 14.8. The summed E-state index contributed by atoms with van der Waals surface area (Å²) in [7, 11) is -0.680. The van der Waals surface area contributed by atoms with Gasteiger partial charge in [-0.2, -0.15) is 0 Å². The van der Waals surface area contributed by atoms with Crippen LogP contribution in [0.2, 0.25) is 16.6 Å². The molecular weight excluding hydrogens is 372 g/mol. The highest BCUT2D eigenvalue weighted by molar-refractivity contribution is 6.77. The Labute approximate surface area is 173 Å². The van der Waals surface area contributed by atoms with E-state index in [2.05, 4.69) is 48.5 Å². The number of hydrogen-bond acceptors (Lipinski definition) is 5. The van der Waals surface area contributed by atoms with E-state index in [4.69, 9.17) is 18.6 Å². The van der Waals surface area contributed by atoms with Crippen molar-refractivity contribution in [2.75, 3.05) is 13.7 Å². The summed E-state index contributed by atoms with van der Waals surface area (Å²) in [6, 6.07) is 0. The molecule has 1 saturated heterocycles. The van der Waals surface area contributed by atoms with Gasteiger partial charge < -0.3 is 18.6 Å². The van der Waals surface area contributed by atoms with E-state index in [1.807, 2.05) is 19.9 Å². The summed E-state index contributed by atoms with van der Waals surface area (Å²) >= 11 is 0. The standard InChI is InChI=1S/C22H42O5Si/c1-15(2)28(16(3)4,17(5)6)27-19(12-11-13-21(23)24-10)18(7)20-14-25-22(8,9)26-20/h11,13,15-20H,12,14H2,1-10H3/b13-11+/t18-,19+,20-/m1/s1. The summed E-state index contributed by atoms with van der Waals surface area (Å²) in [5.74, 6) is -0.756. The number of rotatable bonds is 10. The van der Waals surface area contributed by atoms with E-state index in [-0.39, 0.29) is 24.1 Å². The molecular formula is C22H42O5Si. The molecule has 28 heavy (non-hydrogen) atoms. The van der Waals surface area contributed by atoms with Crippen molar-refractivity contribution < 1.29 is 23.4 Å². The minimum atomic E-state index is -2.07. The van der Waals surface area contributed by atoms with Crippen molar-refractivity contribution in [2.24, 2.45) is 5.92 Å². The van der Waals surface area contributed by atoms with Crippen LogP contribution in [0.25, 0.3) is 0 Å². The first-order valence-corrected chi connectivity index (χ1v) is 12.8. The van der Waals surface area contributed by atoms with Crippen LogP contribution in [0.15, 0.2) is 12.2 Å². The van der Waals surface area contributed by atoms with Crippen molar-refractivity contribution in [3.8, 4) is 0 Å². The van der Waals surface area contributed by atoms with Gasteiger partial charge in [-0.1, -0.05) is 54.5 Å². The van der Waals surface area contributed by atoms with Crippen LogP contribution in [-0.4, -0.2) is 46.0 Å². The number of hydrogen-bond donors (Lipinski definition) is 0. The third-order valence-electron chi connectivity index (χ3n) is 6.09. The smallest absolute Gasteiger partial charge is 0.330 e. The Morgan fingerprint density at radius 3 is 2.04 bits per heavy atom. The highest BCUT2D eigenvalue weighted by Gasteiger charge is 2.48. The van der Waals surface area contributed by atoms with Crippen LogP contribution in [0.3, 0.4) is 0 Å². The van der Waals surface area contributed by atoms with Crippen molar-refractivity contribution in [1.29, 1.82) is 0 Å². The average Bonchev–Trinajstić information content (AvgIpc) is 2.95. The highest BCUT2D eigenvalue weighted by Crippen LogP contribution is 2.44. The maximum absolute atomic E-state index is 11.5. The number of methoxy groups -OCH3 is 1. The monoisotopic (exact) mass is 414 g/mol. The van der Waals surface area contributed by atoms with Gasteiger partial charge in [0.2, 0.25) is 8.32 Å². The average molecular weight is 415 g/mol. The summed E-state index contributed by atoms with van der Waals surface area (Å²) in [5.41, 5.74) is 1.47. The van der Waals surface area contributed by atoms with Gasteiger partial charge in [-0.3, -0.25) is 0 Å². The van der Waals surface area contributed by atoms with Gasteiger partial charge >= 0.3 is 5.97 Å². The lowest BCUT2D eigenvalue weighted by molar-refractivity contribution is -0.148. The van der Waals surface area contributed by atoms with E-state index >= 15 is 0 Å². The summed E-state index contributed by atoms with van der Waals surface area (Å²) < 4.78 is 23.7. The lowest BCUT2D eigenvalue weighted by Crippen LogP contribution is -2.52. The maximum atomic E-state index is 11.5. The van der Waals surface area contributed by atoms with Crippen LogP contribution >= 0.6 is 0 Å². The molecule has 0 aromatic rings. The van der Waals surface area contributed by atoms with Gasteiger partial charge in [0, 0.05) is 12.0 Å². The lowest BCUT2D eigenvalue weighted by Gasteiger charge is -2.46. The quantitative estimate of drug-likeness (QED) is 0.270. The number of esters is 1. The van der Waals surface area contributed by atoms with Gasteiger partial charge in [-0.25, -0.2) is 4.79 Å². The van der Waals surface area contributed by atoms with Gasteiger partial charge in [0.1, 0.15) is 0 Å². The minimum absolute atomic E-state index is 0.0234. The van der Waals surface area contributed by atoms with Gasteiger partial charge in [0.25, 0.3) is 0 Å². The molecule has 0 saturated carbocycles. The first-order valence-electron chi connectivity index (χ1n) is 10.6. The lowest BCUT2D eigenvalue weighted by atomic mass is 9.96. The maximum Gasteiger partial charge on any atom is 0.330 e. The van der Waals surface area contributed by atoms with Crippen molar-refractivity contribution in [1.82, 2.24) is 0 Å². The molecule has 1 rings (SSSR count). The zero-order valence-electron chi connectivity index (χ0n) is 19.6. The van der Waals surface area contributed by atoms with E-state index < -0.39 is 14.1 Å². The SMILES string of the molecule is COC(=O)/C=C/C[C@H](O[Si](C(C)C)(C(C)C)C(C)C)[C@@H](C)[C@H]1COC(C)(C)O1. The first kappa shape index (κ1) is 25.3. The van der Waals surface area contributed by atoms with Crippen LogP contribution in [0.1, 0.15) is 68.7 Å². The molecule has 0 aromatic heterocycles. The Kier molecular flexibility index (Phi) is 9.39. The predicted octanol–water partition coefficient (Wildman–Crippen LogP) is 5.45. The number of carbonyl (C=O) groups excluding carboxylic acids is 1. The topological polar surface area (TPSA) is 54.0 Å². The van der Waals surface area contributed by atoms with Crippen LogP contribution in [0.5, 0.6) is 0 Å². The second kappa shape index (κ2) is 10.4. The van der Waals surface area contributed by atoms with Crippen molar-refractivity contribution in [2.45, 2.75) is 103 Å². The molecule has 0 spiro atoms. The zero-order chi connectivity index (χ0) is 21.7. The Morgan fingerprint density at radius 1 is 1.11 bits per heavy atom. The number of carbonyl (C=O) groups is 1. The van der Waals surface area contributed by atoms with E-state index in [1.54, 1.807) is 0 Å².